The summed E-state index contributed by atoms with van der Waals surface area (Å²) in [5.74, 6) is -0.213. The number of esters is 1. The fourth-order valence-corrected chi connectivity index (χ4v) is 4.20. The summed E-state index contributed by atoms with van der Waals surface area (Å²) in [4.78, 5) is 27.4. The van der Waals surface area contributed by atoms with E-state index in [9.17, 15) is 9.59 Å². The van der Waals surface area contributed by atoms with Gasteiger partial charge in [0.25, 0.3) is 0 Å². The Morgan fingerprint density at radius 2 is 1.50 bits per heavy atom. The standard InChI is InChI=1S/C31H37NO4/c1-23(2)19-29(30(33)36-22-27-9-6-5-7-10-27)32(31(34)35-4)18-17-25-11-8-12-28(20-25)21-26-15-13-24(3)14-16-26/h5-16,20,23,29H,17-19,21-22H2,1-4H3/t29-/m0/s1. The monoisotopic (exact) mass is 487 g/mol. The van der Waals surface area contributed by atoms with Gasteiger partial charge in [-0.05, 0) is 54.4 Å². The molecule has 0 aliphatic heterocycles. The lowest BCUT2D eigenvalue weighted by atomic mass is 10.00. The van der Waals surface area contributed by atoms with Crippen LogP contribution in [0.15, 0.2) is 78.9 Å². The molecule has 3 rings (SSSR count). The van der Waals surface area contributed by atoms with E-state index in [0.717, 1.165) is 17.5 Å². The summed E-state index contributed by atoms with van der Waals surface area (Å²) in [7, 11) is 1.35. The van der Waals surface area contributed by atoms with Gasteiger partial charge in [-0.1, -0.05) is 98.3 Å². The second-order valence-corrected chi connectivity index (χ2v) is 9.63. The number of benzene rings is 3. The molecule has 0 saturated carbocycles. The third-order valence-corrected chi connectivity index (χ3v) is 6.14. The van der Waals surface area contributed by atoms with Gasteiger partial charge in [0.2, 0.25) is 0 Å². The SMILES string of the molecule is COC(=O)N(CCc1cccc(Cc2ccc(C)cc2)c1)[C@@H](CC(C)C)C(=O)OCc1ccccc1. The fourth-order valence-electron chi connectivity index (χ4n) is 4.20. The Morgan fingerprint density at radius 3 is 2.17 bits per heavy atom. The number of carbonyl (C=O) groups excluding carboxylic acids is 2. The second kappa shape index (κ2) is 13.5. The smallest absolute Gasteiger partial charge is 0.410 e. The van der Waals surface area contributed by atoms with Gasteiger partial charge >= 0.3 is 12.1 Å². The molecule has 0 spiro atoms. The molecule has 3 aromatic carbocycles. The van der Waals surface area contributed by atoms with E-state index in [-0.39, 0.29) is 12.5 Å². The molecule has 0 saturated heterocycles. The van der Waals surface area contributed by atoms with Crippen LogP contribution in [0.5, 0.6) is 0 Å². The maximum absolute atomic E-state index is 13.1. The van der Waals surface area contributed by atoms with Crippen molar-refractivity contribution >= 4 is 12.1 Å². The Labute approximate surface area is 215 Å². The average Bonchev–Trinajstić information content (AvgIpc) is 2.88. The highest BCUT2D eigenvalue weighted by atomic mass is 16.6. The number of hydrogen-bond donors (Lipinski definition) is 0. The lowest BCUT2D eigenvalue weighted by Crippen LogP contribution is -2.47. The van der Waals surface area contributed by atoms with Crippen LogP contribution in [0, 0.1) is 12.8 Å². The van der Waals surface area contributed by atoms with Crippen LogP contribution >= 0.6 is 0 Å². The molecular weight excluding hydrogens is 450 g/mol. The molecule has 0 bridgehead atoms. The van der Waals surface area contributed by atoms with Gasteiger partial charge in [0, 0.05) is 6.54 Å². The van der Waals surface area contributed by atoms with Crippen LogP contribution in [-0.4, -0.2) is 36.7 Å². The number of nitrogens with zero attached hydrogens (tertiary/aromatic N) is 1. The Bertz CT molecular complexity index is 1110. The predicted molar refractivity (Wildman–Crippen MR) is 143 cm³/mol. The number of carbonyl (C=O) groups is 2. The summed E-state index contributed by atoms with van der Waals surface area (Å²) in [5.41, 5.74) is 5.72. The van der Waals surface area contributed by atoms with Gasteiger partial charge in [0.15, 0.2) is 0 Å². The molecule has 1 amide bonds. The maximum Gasteiger partial charge on any atom is 0.410 e. The Balaban J connectivity index is 1.71. The largest absolute Gasteiger partial charge is 0.459 e. The summed E-state index contributed by atoms with van der Waals surface area (Å²) in [6.07, 6.45) is 1.43. The molecule has 0 heterocycles. The summed E-state index contributed by atoms with van der Waals surface area (Å²) in [6, 6.07) is 25.8. The first-order valence-corrected chi connectivity index (χ1v) is 12.5. The lowest BCUT2D eigenvalue weighted by Gasteiger charge is -2.30. The summed E-state index contributed by atoms with van der Waals surface area (Å²) in [6.45, 7) is 6.67. The van der Waals surface area contributed by atoms with Crippen molar-refractivity contribution in [2.24, 2.45) is 5.92 Å². The predicted octanol–water partition coefficient (Wildman–Crippen LogP) is 6.35. The Hall–Kier alpha value is -3.60. The van der Waals surface area contributed by atoms with E-state index in [2.05, 4.69) is 49.4 Å². The normalized spacial score (nSPS) is 11.7. The number of aryl methyl sites for hydroxylation is 1. The first-order valence-electron chi connectivity index (χ1n) is 12.5. The molecule has 1 atom stereocenters. The number of rotatable bonds is 11. The molecule has 0 aromatic heterocycles. The van der Waals surface area contributed by atoms with Crippen molar-refractivity contribution in [3.8, 4) is 0 Å². The van der Waals surface area contributed by atoms with Gasteiger partial charge in [-0.15, -0.1) is 0 Å². The summed E-state index contributed by atoms with van der Waals surface area (Å²) in [5, 5.41) is 0. The highest BCUT2D eigenvalue weighted by molar-refractivity contribution is 5.81. The van der Waals surface area contributed by atoms with Gasteiger partial charge in [0.05, 0.1) is 7.11 Å². The molecule has 190 valence electrons. The molecule has 5 heteroatoms. The van der Waals surface area contributed by atoms with Crippen LogP contribution in [0.1, 0.15) is 48.1 Å². The first kappa shape index (κ1) is 27.0. The van der Waals surface area contributed by atoms with Gasteiger partial charge in [-0.2, -0.15) is 0 Å². The Morgan fingerprint density at radius 1 is 0.833 bits per heavy atom. The van der Waals surface area contributed by atoms with Crippen molar-refractivity contribution < 1.29 is 19.1 Å². The quantitative estimate of drug-likeness (QED) is 0.296. The molecule has 0 radical (unpaired) electrons. The van der Waals surface area contributed by atoms with Gasteiger partial charge in [-0.25, -0.2) is 9.59 Å². The summed E-state index contributed by atoms with van der Waals surface area (Å²) >= 11 is 0. The number of methoxy groups -OCH3 is 1. The molecule has 0 fully saturated rings. The minimum Gasteiger partial charge on any atom is -0.459 e. The second-order valence-electron chi connectivity index (χ2n) is 9.63. The molecule has 0 aliphatic carbocycles. The maximum atomic E-state index is 13.1. The third-order valence-electron chi connectivity index (χ3n) is 6.14. The van der Waals surface area contributed by atoms with E-state index in [1.807, 2.05) is 50.2 Å². The van der Waals surface area contributed by atoms with E-state index >= 15 is 0 Å². The van der Waals surface area contributed by atoms with E-state index in [1.165, 1.54) is 28.7 Å². The van der Waals surface area contributed by atoms with Crippen LogP contribution in [0.2, 0.25) is 0 Å². The van der Waals surface area contributed by atoms with Crippen LogP contribution < -0.4 is 0 Å². The van der Waals surface area contributed by atoms with Crippen LogP contribution in [-0.2, 0) is 33.7 Å². The highest BCUT2D eigenvalue weighted by Gasteiger charge is 2.32. The van der Waals surface area contributed by atoms with E-state index in [1.54, 1.807) is 0 Å². The minimum atomic E-state index is -0.711. The number of hydrogen-bond acceptors (Lipinski definition) is 4. The van der Waals surface area contributed by atoms with Crippen LogP contribution in [0.4, 0.5) is 4.79 Å². The van der Waals surface area contributed by atoms with Gasteiger partial charge in [0.1, 0.15) is 12.6 Å². The third kappa shape index (κ3) is 8.26. The van der Waals surface area contributed by atoms with Crippen LogP contribution in [0.3, 0.4) is 0 Å². The lowest BCUT2D eigenvalue weighted by molar-refractivity contribution is -0.151. The van der Waals surface area contributed by atoms with Crippen molar-refractivity contribution in [1.82, 2.24) is 4.90 Å². The molecular formula is C31H37NO4. The van der Waals surface area contributed by atoms with Gasteiger partial charge < -0.3 is 9.47 Å². The van der Waals surface area contributed by atoms with Crippen LogP contribution in [0.25, 0.3) is 0 Å². The molecule has 5 nitrogen and oxygen atoms in total. The molecule has 3 aromatic rings. The highest BCUT2D eigenvalue weighted by Crippen LogP contribution is 2.18. The van der Waals surface area contributed by atoms with Crippen molar-refractivity contribution in [2.45, 2.75) is 52.7 Å². The molecule has 0 unspecified atom stereocenters. The number of ether oxygens (including phenoxy) is 2. The Kier molecular flexibility index (Phi) is 10.1. The number of amides is 1. The molecule has 36 heavy (non-hydrogen) atoms. The molecule has 0 N–H and O–H groups in total. The first-order chi connectivity index (χ1) is 17.4. The van der Waals surface area contributed by atoms with Crippen molar-refractivity contribution in [1.29, 1.82) is 0 Å². The topological polar surface area (TPSA) is 55.8 Å². The van der Waals surface area contributed by atoms with E-state index < -0.39 is 18.1 Å². The zero-order chi connectivity index (χ0) is 25.9. The van der Waals surface area contributed by atoms with Crippen molar-refractivity contribution in [3.05, 3.63) is 107 Å². The van der Waals surface area contributed by atoms with E-state index in [4.69, 9.17) is 9.47 Å². The van der Waals surface area contributed by atoms with E-state index in [0.29, 0.717) is 19.4 Å². The molecule has 0 aliphatic rings. The van der Waals surface area contributed by atoms with Crippen molar-refractivity contribution in [2.75, 3.05) is 13.7 Å². The minimum absolute atomic E-state index is 0.171. The fraction of sp³-hybridized carbons (Fsp3) is 0.355. The van der Waals surface area contributed by atoms with Gasteiger partial charge in [-0.3, -0.25) is 4.90 Å². The zero-order valence-electron chi connectivity index (χ0n) is 21.8. The summed E-state index contributed by atoms with van der Waals surface area (Å²) < 4.78 is 10.7. The zero-order valence-corrected chi connectivity index (χ0v) is 21.8. The average molecular weight is 488 g/mol. The van der Waals surface area contributed by atoms with Crippen molar-refractivity contribution in [3.63, 3.8) is 0 Å².